The zero-order valence-corrected chi connectivity index (χ0v) is 9.60. The van der Waals surface area contributed by atoms with E-state index in [2.05, 4.69) is 11.8 Å². The van der Waals surface area contributed by atoms with Gasteiger partial charge in [-0.3, -0.25) is 4.79 Å². The second-order valence-electron chi connectivity index (χ2n) is 3.72. The molecule has 1 aromatic rings. The first-order chi connectivity index (χ1) is 8.04. The molecule has 1 atom stereocenters. The SMILES string of the molecule is CC#CCc1cc(C[C@H](N)C(=O)O)ccc1O. The fraction of sp³-hybridized carbons (Fsp3) is 0.308. The first kappa shape index (κ1) is 13.1. The Morgan fingerprint density at radius 3 is 2.82 bits per heavy atom. The topological polar surface area (TPSA) is 83.6 Å². The molecule has 0 aliphatic carbocycles. The average Bonchev–Trinajstić information content (AvgIpc) is 2.29. The number of hydrogen-bond donors (Lipinski definition) is 3. The molecule has 0 heterocycles. The Labute approximate surface area is 100 Å². The van der Waals surface area contributed by atoms with E-state index in [4.69, 9.17) is 10.8 Å². The Morgan fingerprint density at radius 1 is 1.53 bits per heavy atom. The van der Waals surface area contributed by atoms with E-state index in [1.807, 2.05) is 0 Å². The minimum Gasteiger partial charge on any atom is -0.508 e. The predicted octanol–water partition coefficient (Wildman–Crippen LogP) is 0.912. The zero-order valence-electron chi connectivity index (χ0n) is 9.60. The van der Waals surface area contributed by atoms with Crippen molar-refractivity contribution in [2.24, 2.45) is 5.73 Å². The summed E-state index contributed by atoms with van der Waals surface area (Å²) in [6.07, 6.45) is 0.681. The maximum Gasteiger partial charge on any atom is 0.320 e. The molecule has 0 amide bonds. The molecule has 1 rings (SSSR count). The third-order valence-electron chi connectivity index (χ3n) is 2.37. The average molecular weight is 233 g/mol. The van der Waals surface area contributed by atoms with Crippen LogP contribution in [0.25, 0.3) is 0 Å². The van der Waals surface area contributed by atoms with Crippen LogP contribution in [0.1, 0.15) is 18.1 Å². The fourth-order valence-corrected chi connectivity index (χ4v) is 1.43. The van der Waals surface area contributed by atoms with Gasteiger partial charge in [0.25, 0.3) is 0 Å². The third-order valence-corrected chi connectivity index (χ3v) is 2.37. The predicted molar refractivity (Wildman–Crippen MR) is 64.6 cm³/mol. The summed E-state index contributed by atoms with van der Waals surface area (Å²) >= 11 is 0. The van der Waals surface area contributed by atoms with E-state index in [1.165, 1.54) is 6.07 Å². The number of benzene rings is 1. The molecule has 0 bridgehead atoms. The van der Waals surface area contributed by atoms with Gasteiger partial charge in [-0.1, -0.05) is 18.1 Å². The van der Waals surface area contributed by atoms with Crippen molar-refractivity contribution in [3.8, 4) is 17.6 Å². The van der Waals surface area contributed by atoms with Crippen LogP contribution in [-0.4, -0.2) is 22.2 Å². The molecule has 0 spiro atoms. The number of carbonyl (C=O) groups is 1. The highest BCUT2D eigenvalue weighted by Crippen LogP contribution is 2.19. The van der Waals surface area contributed by atoms with Crippen molar-refractivity contribution < 1.29 is 15.0 Å². The standard InChI is InChI=1S/C13H15NO3/c1-2-3-4-10-7-9(5-6-12(10)15)8-11(14)13(16)17/h5-7,11,15H,4,8,14H2,1H3,(H,16,17)/t11-/m0/s1. The molecule has 17 heavy (non-hydrogen) atoms. The second kappa shape index (κ2) is 5.92. The summed E-state index contributed by atoms with van der Waals surface area (Å²) in [5, 5.41) is 18.3. The first-order valence-electron chi connectivity index (χ1n) is 5.23. The van der Waals surface area contributed by atoms with Gasteiger partial charge >= 0.3 is 5.97 Å². The normalized spacial score (nSPS) is 11.4. The quantitative estimate of drug-likeness (QED) is 0.675. The lowest BCUT2D eigenvalue weighted by Crippen LogP contribution is -2.32. The van der Waals surface area contributed by atoms with Crippen LogP contribution in [0.5, 0.6) is 5.75 Å². The molecule has 4 heteroatoms. The lowest BCUT2D eigenvalue weighted by atomic mass is 10.0. The molecule has 0 aliphatic heterocycles. The van der Waals surface area contributed by atoms with Gasteiger partial charge in [0.2, 0.25) is 0 Å². The first-order valence-corrected chi connectivity index (χ1v) is 5.23. The maximum atomic E-state index is 10.6. The molecular formula is C13H15NO3. The van der Waals surface area contributed by atoms with Crippen LogP contribution in [0.3, 0.4) is 0 Å². The lowest BCUT2D eigenvalue weighted by Gasteiger charge is -2.08. The molecule has 0 saturated carbocycles. The Morgan fingerprint density at radius 2 is 2.24 bits per heavy atom. The van der Waals surface area contributed by atoms with Crippen LogP contribution in [-0.2, 0) is 17.6 Å². The molecule has 0 unspecified atom stereocenters. The molecule has 0 aliphatic rings. The van der Waals surface area contributed by atoms with Crippen LogP contribution < -0.4 is 5.73 Å². The van der Waals surface area contributed by atoms with Gasteiger partial charge in [0.05, 0.1) is 0 Å². The molecule has 4 N–H and O–H groups in total. The minimum absolute atomic E-state index is 0.167. The summed E-state index contributed by atoms with van der Waals surface area (Å²) in [5.74, 6) is 4.73. The Hall–Kier alpha value is -1.99. The van der Waals surface area contributed by atoms with E-state index in [-0.39, 0.29) is 12.2 Å². The number of rotatable bonds is 4. The molecule has 0 radical (unpaired) electrons. The molecule has 1 aromatic carbocycles. The van der Waals surface area contributed by atoms with Gasteiger partial charge in [-0.25, -0.2) is 0 Å². The summed E-state index contributed by atoms with van der Waals surface area (Å²) in [7, 11) is 0. The van der Waals surface area contributed by atoms with E-state index < -0.39 is 12.0 Å². The van der Waals surface area contributed by atoms with Gasteiger partial charge in [-0.15, -0.1) is 5.92 Å². The highest BCUT2D eigenvalue weighted by molar-refractivity contribution is 5.73. The Bertz CT molecular complexity index is 471. The third kappa shape index (κ3) is 3.82. The zero-order chi connectivity index (χ0) is 12.8. The van der Waals surface area contributed by atoms with Crippen LogP contribution in [0.2, 0.25) is 0 Å². The van der Waals surface area contributed by atoms with E-state index >= 15 is 0 Å². The van der Waals surface area contributed by atoms with Crippen molar-refractivity contribution in [1.29, 1.82) is 0 Å². The van der Waals surface area contributed by atoms with Crippen molar-refractivity contribution in [3.05, 3.63) is 29.3 Å². The van der Waals surface area contributed by atoms with Gasteiger partial charge in [-0.2, -0.15) is 0 Å². The monoisotopic (exact) mass is 233 g/mol. The van der Waals surface area contributed by atoms with Gasteiger partial charge in [0.15, 0.2) is 0 Å². The molecule has 0 fully saturated rings. The molecule has 0 saturated heterocycles. The highest BCUT2D eigenvalue weighted by Gasteiger charge is 2.12. The number of phenolic OH excluding ortho intramolecular Hbond substituents is 1. The second-order valence-corrected chi connectivity index (χ2v) is 3.72. The van der Waals surface area contributed by atoms with Crippen LogP contribution >= 0.6 is 0 Å². The number of aromatic hydroxyl groups is 1. The summed E-state index contributed by atoms with van der Waals surface area (Å²) in [6.45, 7) is 1.72. The minimum atomic E-state index is -1.03. The summed E-state index contributed by atoms with van der Waals surface area (Å²) in [5.41, 5.74) is 6.92. The smallest absolute Gasteiger partial charge is 0.320 e. The molecule has 4 nitrogen and oxygen atoms in total. The van der Waals surface area contributed by atoms with Crippen molar-refractivity contribution in [2.45, 2.75) is 25.8 Å². The number of nitrogens with two attached hydrogens (primary N) is 1. The van der Waals surface area contributed by atoms with Gasteiger partial charge in [0.1, 0.15) is 11.8 Å². The summed E-state index contributed by atoms with van der Waals surface area (Å²) in [4.78, 5) is 10.6. The fourth-order valence-electron chi connectivity index (χ4n) is 1.43. The van der Waals surface area contributed by atoms with Gasteiger partial charge < -0.3 is 15.9 Å². The van der Waals surface area contributed by atoms with Crippen molar-refractivity contribution in [3.63, 3.8) is 0 Å². The number of hydrogen-bond acceptors (Lipinski definition) is 3. The van der Waals surface area contributed by atoms with Gasteiger partial charge in [0, 0.05) is 12.0 Å². The van der Waals surface area contributed by atoms with Crippen LogP contribution in [0.15, 0.2) is 18.2 Å². The van der Waals surface area contributed by atoms with Crippen molar-refractivity contribution in [2.75, 3.05) is 0 Å². The van der Waals surface area contributed by atoms with E-state index in [9.17, 15) is 9.90 Å². The van der Waals surface area contributed by atoms with Crippen LogP contribution in [0.4, 0.5) is 0 Å². The number of aliphatic carboxylic acids is 1. The molecular weight excluding hydrogens is 218 g/mol. The number of carboxylic acids is 1. The maximum absolute atomic E-state index is 10.6. The molecule has 0 aromatic heterocycles. The van der Waals surface area contributed by atoms with Crippen molar-refractivity contribution >= 4 is 5.97 Å². The largest absolute Gasteiger partial charge is 0.508 e. The Balaban J connectivity index is 2.87. The number of phenols is 1. The van der Waals surface area contributed by atoms with E-state index in [0.29, 0.717) is 12.0 Å². The summed E-state index contributed by atoms with van der Waals surface area (Å²) in [6, 6.07) is 4.02. The van der Waals surface area contributed by atoms with Crippen LogP contribution in [0, 0.1) is 11.8 Å². The lowest BCUT2D eigenvalue weighted by molar-refractivity contribution is -0.138. The van der Waals surface area contributed by atoms with Crippen molar-refractivity contribution in [1.82, 2.24) is 0 Å². The Kier molecular flexibility index (Phi) is 4.56. The molecule has 90 valence electrons. The highest BCUT2D eigenvalue weighted by atomic mass is 16.4. The van der Waals surface area contributed by atoms with Gasteiger partial charge in [-0.05, 0) is 25.0 Å². The number of carboxylic acid groups (broad SMARTS) is 1. The van der Waals surface area contributed by atoms with E-state index in [1.54, 1.807) is 19.1 Å². The summed E-state index contributed by atoms with van der Waals surface area (Å²) < 4.78 is 0. The van der Waals surface area contributed by atoms with E-state index in [0.717, 1.165) is 5.56 Å².